The molecule has 0 spiro atoms. The minimum atomic E-state index is 0.105. The van der Waals surface area contributed by atoms with E-state index in [9.17, 15) is 0 Å². The number of fused-ring (bicyclic) bond motifs is 1. The molecular weight excluding hydrogens is 171 g/mol. The minimum absolute atomic E-state index is 0.105. The van der Waals surface area contributed by atoms with Gasteiger partial charge in [-0.1, -0.05) is 0 Å². The Labute approximate surface area is 85.2 Å². The quantitative estimate of drug-likeness (QED) is 0.616. The number of aryl methyl sites for hydroxylation is 1. The molecule has 2 aromatic rings. The molecule has 0 aliphatic carbocycles. The average Bonchev–Trinajstić information content (AvgIpc) is 2.44. The fraction of sp³-hybridized carbons (Fsp3) is 0.455. The van der Waals surface area contributed by atoms with Crippen LogP contribution in [0.15, 0.2) is 18.1 Å². The first-order valence-electron chi connectivity index (χ1n) is 4.92. The van der Waals surface area contributed by atoms with Crippen LogP contribution in [0, 0.1) is 0 Å². The van der Waals surface area contributed by atoms with E-state index in [1.54, 1.807) is 0 Å². The van der Waals surface area contributed by atoms with Gasteiger partial charge in [0.25, 0.3) is 0 Å². The first kappa shape index (κ1) is 9.44. The number of hydrogen-bond donors (Lipinski definition) is 0. The van der Waals surface area contributed by atoms with Crippen LogP contribution in [-0.2, 0) is 12.5 Å². The molecule has 0 aromatic carbocycles. The van der Waals surface area contributed by atoms with Gasteiger partial charge >= 0.3 is 84.5 Å². The molecule has 3 heteroatoms. The van der Waals surface area contributed by atoms with Gasteiger partial charge in [-0.25, -0.2) is 0 Å². The fourth-order valence-electron chi connectivity index (χ4n) is 1.82. The molecule has 2 heterocycles. The SMILES string of the molecule is Cn1c(C(C)(C)C)nc2cccbc21. The number of nitrogens with zero attached hydrogens (tertiary/aromatic N) is 2. The summed E-state index contributed by atoms with van der Waals surface area (Å²) < 4.78 is 2.18. The summed E-state index contributed by atoms with van der Waals surface area (Å²) in [4.78, 5) is 4.65. The second kappa shape index (κ2) is 2.94. The van der Waals surface area contributed by atoms with E-state index in [1.807, 2.05) is 6.07 Å². The molecule has 0 saturated heterocycles. The van der Waals surface area contributed by atoms with E-state index in [0.717, 1.165) is 11.3 Å². The molecule has 0 atom stereocenters. The van der Waals surface area contributed by atoms with Crippen molar-refractivity contribution < 1.29 is 0 Å². The molecule has 2 rings (SSSR count). The second-order valence-corrected chi connectivity index (χ2v) is 4.73. The molecule has 14 heavy (non-hydrogen) atoms. The van der Waals surface area contributed by atoms with E-state index >= 15 is 0 Å². The third kappa shape index (κ3) is 1.37. The van der Waals surface area contributed by atoms with Crippen molar-refractivity contribution in [2.24, 2.45) is 7.05 Å². The van der Waals surface area contributed by atoms with Crippen LogP contribution < -0.4 is 0 Å². The third-order valence-electron chi connectivity index (χ3n) is 2.46. The topological polar surface area (TPSA) is 17.8 Å². The third-order valence-corrected chi connectivity index (χ3v) is 2.46. The Hall–Kier alpha value is -1.12. The number of hydrogen-bond acceptors (Lipinski definition) is 1. The standard InChI is InChI=1S/C11H15BN2/c1-11(2,3)10-13-8-6-5-7-12-9(8)14(10)4/h5-7H,1-4H3. The van der Waals surface area contributed by atoms with Gasteiger partial charge in [-0.3, -0.25) is 0 Å². The van der Waals surface area contributed by atoms with Crippen molar-refractivity contribution in [1.29, 1.82) is 0 Å². The molecule has 0 fully saturated rings. The molecule has 2 aromatic heterocycles. The van der Waals surface area contributed by atoms with Crippen LogP contribution in [-0.4, -0.2) is 16.5 Å². The Morgan fingerprint density at radius 1 is 1.36 bits per heavy atom. The predicted molar refractivity (Wildman–Crippen MR) is 60.8 cm³/mol. The van der Waals surface area contributed by atoms with Gasteiger partial charge in [0.1, 0.15) is 0 Å². The zero-order valence-corrected chi connectivity index (χ0v) is 9.20. The molecule has 0 N–H and O–H groups in total. The maximum atomic E-state index is 4.65. The van der Waals surface area contributed by atoms with Crippen LogP contribution in [0.25, 0.3) is 10.9 Å². The van der Waals surface area contributed by atoms with Gasteiger partial charge in [0.15, 0.2) is 0 Å². The van der Waals surface area contributed by atoms with Crippen LogP contribution in [0.5, 0.6) is 0 Å². The molecule has 0 bridgehead atoms. The van der Waals surface area contributed by atoms with Crippen LogP contribution in [0.3, 0.4) is 0 Å². The summed E-state index contributed by atoms with van der Waals surface area (Å²) in [7, 11) is 2.08. The van der Waals surface area contributed by atoms with E-state index < -0.39 is 0 Å². The van der Waals surface area contributed by atoms with Crippen molar-refractivity contribution >= 4 is 17.8 Å². The first-order chi connectivity index (χ1) is 6.50. The summed E-state index contributed by atoms with van der Waals surface area (Å²) in [6.45, 7) is 8.67. The molecule has 0 aliphatic heterocycles. The van der Waals surface area contributed by atoms with Crippen molar-refractivity contribution in [2.75, 3.05) is 0 Å². The van der Waals surface area contributed by atoms with Gasteiger partial charge in [-0.05, 0) is 0 Å². The summed E-state index contributed by atoms with van der Waals surface area (Å²) in [5.41, 5.74) is 2.39. The Morgan fingerprint density at radius 2 is 2.07 bits per heavy atom. The predicted octanol–water partition coefficient (Wildman–Crippen LogP) is 2.21. The van der Waals surface area contributed by atoms with E-state index in [0.29, 0.717) is 0 Å². The fourth-order valence-corrected chi connectivity index (χ4v) is 1.82. The summed E-state index contributed by atoms with van der Waals surface area (Å²) in [6, 6.07) is 4.09. The normalized spacial score (nSPS) is 12.0. The molecular formula is C11H15BN2. The Morgan fingerprint density at radius 3 is 2.64 bits per heavy atom. The number of imidazole rings is 1. The van der Waals surface area contributed by atoms with Crippen LogP contribution in [0.1, 0.15) is 26.6 Å². The van der Waals surface area contributed by atoms with Crippen molar-refractivity contribution in [3.63, 3.8) is 0 Å². The number of aromatic nitrogens is 2. The van der Waals surface area contributed by atoms with Crippen molar-refractivity contribution in [2.45, 2.75) is 26.2 Å². The molecule has 72 valence electrons. The zero-order chi connectivity index (χ0) is 10.3. The van der Waals surface area contributed by atoms with Crippen LogP contribution in [0.4, 0.5) is 0 Å². The number of rotatable bonds is 0. The summed E-state index contributed by atoms with van der Waals surface area (Å²) in [6.07, 6.45) is 0. The van der Waals surface area contributed by atoms with Gasteiger partial charge < -0.3 is 0 Å². The zero-order valence-electron chi connectivity index (χ0n) is 9.20. The summed E-state index contributed by atoms with van der Waals surface area (Å²) in [5.74, 6) is 3.19. The van der Waals surface area contributed by atoms with E-state index in [1.165, 1.54) is 5.41 Å². The van der Waals surface area contributed by atoms with Gasteiger partial charge in [-0.2, -0.15) is 0 Å². The van der Waals surface area contributed by atoms with Crippen LogP contribution in [0.2, 0.25) is 0 Å². The molecule has 0 amide bonds. The second-order valence-electron chi connectivity index (χ2n) is 4.73. The Balaban J connectivity index is 2.75. The van der Waals surface area contributed by atoms with Crippen molar-refractivity contribution in [1.82, 2.24) is 9.55 Å². The van der Waals surface area contributed by atoms with Crippen molar-refractivity contribution in [3.05, 3.63) is 23.9 Å². The van der Waals surface area contributed by atoms with E-state index in [-0.39, 0.29) is 5.41 Å². The van der Waals surface area contributed by atoms with Crippen LogP contribution >= 0.6 is 0 Å². The van der Waals surface area contributed by atoms with Gasteiger partial charge in [0.05, 0.1) is 0 Å². The molecule has 0 radical (unpaired) electrons. The first-order valence-corrected chi connectivity index (χ1v) is 4.92. The van der Waals surface area contributed by atoms with E-state index in [4.69, 9.17) is 0 Å². The summed E-state index contributed by atoms with van der Waals surface area (Å²) in [5, 5.41) is 0. The molecule has 0 aliphatic rings. The Bertz CT molecular complexity index is 466. The van der Waals surface area contributed by atoms with Gasteiger partial charge in [-0.15, -0.1) is 0 Å². The van der Waals surface area contributed by atoms with Gasteiger partial charge in [0, 0.05) is 0 Å². The Kier molecular flexibility index (Phi) is 1.98. The monoisotopic (exact) mass is 186 g/mol. The maximum absolute atomic E-state index is 4.65. The average molecular weight is 186 g/mol. The molecule has 0 saturated carbocycles. The van der Waals surface area contributed by atoms with Gasteiger partial charge in [0.2, 0.25) is 0 Å². The van der Waals surface area contributed by atoms with E-state index in [2.05, 4.69) is 56.3 Å². The molecule has 2 nitrogen and oxygen atoms in total. The van der Waals surface area contributed by atoms with Crippen molar-refractivity contribution in [3.8, 4) is 0 Å². The molecule has 0 unspecified atom stereocenters. The summed E-state index contributed by atoms with van der Waals surface area (Å²) >= 11 is 0.